The van der Waals surface area contributed by atoms with Crippen molar-refractivity contribution in [2.45, 2.75) is 11.8 Å². The van der Waals surface area contributed by atoms with Crippen molar-refractivity contribution in [1.29, 1.82) is 0 Å². The number of aryl methyl sites for hydroxylation is 1. The first-order valence-electron chi connectivity index (χ1n) is 8.45. The number of rotatable bonds is 3. The zero-order chi connectivity index (χ0) is 18.1. The molecule has 0 saturated carbocycles. The van der Waals surface area contributed by atoms with Gasteiger partial charge in [-0.3, -0.25) is 4.98 Å². The molecule has 0 N–H and O–H groups in total. The molecule has 1 fully saturated rings. The lowest BCUT2D eigenvalue weighted by atomic mass is 10.2. The molecule has 3 heterocycles. The lowest BCUT2D eigenvalue weighted by Crippen LogP contribution is -2.49. The highest BCUT2D eigenvalue weighted by Gasteiger charge is 2.30. The van der Waals surface area contributed by atoms with Gasteiger partial charge in [0.15, 0.2) is 5.82 Å². The van der Waals surface area contributed by atoms with Crippen LogP contribution in [0.3, 0.4) is 0 Å². The summed E-state index contributed by atoms with van der Waals surface area (Å²) in [5.74, 6) is 0.770. The Morgan fingerprint density at radius 1 is 0.962 bits per heavy atom. The van der Waals surface area contributed by atoms with Crippen LogP contribution in [0.25, 0.3) is 10.9 Å². The highest BCUT2D eigenvalue weighted by molar-refractivity contribution is 7.89. The van der Waals surface area contributed by atoms with E-state index in [2.05, 4.69) is 15.2 Å². The first kappa shape index (κ1) is 16.9. The van der Waals surface area contributed by atoms with E-state index in [9.17, 15) is 8.42 Å². The van der Waals surface area contributed by atoms with E-state index in [4.69, 9.17) is 0 Å². The van der Waals surface area contributed by atoms with Crippen LogP contribution in [0.1, 0.15) is 5.69 Å². The van der Waals surface area contributed by atoms with E-state index in [1.165, 1.54) is 4.31 Å². The summed E-state index contributed by atoms with van der Waals surface area (Å²) in [6, 6.07) is 12.8. The summed E-state index contributed by atoms with van der Waals surface area (Å²) in [6.45, 7) is 3.83. The Bertz CT molecular complexity index is 1030. The lowest BCUT2D eigenvalue weighted by Gasteiger charge is -2.34. The van der Waals surface area contributed by atoms with Gasteiger partial charge in [-0.2, -0.15) is 9.40 Å². The third-order valence-corrected chi connectivity index (χ3v) is 6.49. The minimum atomic E-state index is -3.60. The Hall–Kier alpha value is -2.58. The molecule has 0 aliphatic carbocycles. The summed E-state index contributed by atoms with van der Waals surface area (Å²) in [5, 5.41) is 8.81. The van der Waals surface area contributed by atoms with Crippen LogP contribution in [0.15, 0.2) is 53.6 Å². The van der Waals surface area contributed by atoms with Gasteiger partial charge in [0.25, 0.3) is 0 Å². The molecule has 0 bridgehead atoms. The first-order valence-corrected chi connectivity index (χ1v) is 9.89. The number of anilines is 1. The molecule has 134 valence electrons. The third kappa shape index (κ3) is 3.02. The fourth-order valence-corrected chi connectivity index (χ4v) is 4.76. The zero-order valence-corrected chi connectivity index (χ0v) is 15.2. The van der Waals surface area contributed by atoms with Crippen molar-refractivity contribution in [2.24, 2.45) is 0 Å². The second-order valence-electron chi connectivity index (χ2n) is 6.25. The molecule has 1 saturated heterocycles. The van der Waals surface area contributed by atoms with Crippen molar-refractivity contribution >= 4 is 26.7 Å². The van der Waals surface area contributed by atoms with Crippen molar-refractivity contribution in [1.82, 2.24) is 19.5 Å². The smallest absolute Gasteiger partial charge is 0.245 e. The maximum atomic E-state index is 13.2. The van der Waals surface area contributed by atoms with E-state index >= 15 is 0 Å². The molecule has 2 aromatic heterocycles. The number of pyridine rings is 1. The number of hydrogen-bond donors (Lipinski definition) is 0. The molecule has 0 radical (unpaired) electrons. The molecule has 0 atom stereocenters. The van der Waals surface area contributed by atoms with Gasteiger partial charge < -0.3 is 4.90 Å². The van der Waals surface area contributed by atoms with E-state index < -0.39 is 10.0 Å². The number of piperazine rings is 1. The summed E-state index contributed by atoms with van der Waals surface area (Å²) >= 11 is 0. The molecule has 0 spiro atoms. The van der Waals surface area contributed by atoms with Crippen LogP contribution in [0.2, 0.25) is 0 Å². The van der Waals surface area contributed by atoms with Crippen LogP contribution in [0, 0.1) is 6.92 Å². The number of benzene rings is 1. The first-order chi connectivity index (χ1) is 12.6. The van der Waals surface area contributed by atoms with Crippen LogP contribution in [-0.2, 0) is 10.0 Å². The SMILES string of the molecule is Cc1ccc2cccc(S(=O)(=O)N3CCN(c4cccnn4)CC3)c2n1. The zero-order valence-electron chi connectivity index (χ0n) is 14.4. The van der Waals surface area contributed by atoms with E-state index in [1.807, 2.05) is 42.2 Å². The average molecular weight is 369 g/mol. The molecular formula is C18H19N5O2S. The molecule has 1 aromatic carbocycles. The molecule has 1 aliphatic rings. The number of sulfonamides is 1. The Balaban J connectivity index is 1.62. The molecule has 0 unspecified atom stereocenters. The van der Waals surface area contributed by atoms with Crippen LogP contribution >= 0.6 is 0 Å². The Morgan fingerprint density at radius 3 is 2.50 bits per heavy atom. The highest BCUT2D eigenvalue weighted by atomic mass is 32.2. The summed E-state index contributed by atoms with van der Waals surface area (Å²) in [6.07, 6.45) is 1.62. The van der Waals surface area contributed by atoms with Crippen LogP contribution in [0.5, 0.6) is 0 Å². The van der Waals surface area contributed by atoms with Gasteiger partial charge in [0, 0.05) is 43.5 Å². The van der Waals surface area contributed by atoms with Crippen LogP contribution in [0.4, 0.5) is 5.82 Å². The monoisotopic (exact) mass is 369 g/mol. The van der Waals surface area contributed by atoms with Gasteiger partial charge in [-0.25, -0.2) is 8.42 Å². The third-order valence-electron chi connectivity index (χ3n) is 4.56. The second kappa shape index (κ2) is 6.62. The summed E-state index contributed by atoms with van der Waals surface area (Å²) in [7, 11) is -3.60. The predicted molar refractivity (Wildman–Crippen MR) is 99.5 cm³/mol. The molecule has 26 heavy (non-hydrogen) atoms. The van der Waals surface area contributed by atoms with Crippen molar-refractivity contribution in [3.63, 3.8) is 0 Å². The maximum absolute atomic E-state index is 13.2. The van der Waals surface area contributed by atoms with Gasteiger partial charge in [-0.15, -0.1) is 5.10 Å². The van der Waals surface area contributed by atoms with Gasteiger partial charge in [0.2, 0.25) is 10.0 Å². The molecule has 0 amide bonds. The fourth-order valence-electron chi connectivity index (χ4n) is 3.18. The van der Waals surface area contributed by atoms with E-state index in [0.717, 1.165) is 16.9 Å². The molecule has 4 rings (SSSR count). The van der Waals surface area contributed by atoms with Gasteiger partial charge in [0.1, 0.15) is 4.90 Å². The number of fused-ring (bicyclic) bond motifs is 1. The van der Waals surface area contributed by atoms with Crippen molar-refractivity contribution in [3.05, 3.63) is 54.4 Å². The molecule has 3 aromatic rings. The Labute approximate surface area is 152 Å². The normalized spacial score (nSPS) is 16.1. The molecule has 7 nitrogen and oxygen atoms in total. The standard InChI is InChI=1S/C18H19N5O2S/c1-14-7-8-15-4-2-5-16(18(15)20-14)26(24,25)23-12-10-22(11-13-23)17-6-3-9-19-21-17/h2-9H,10-13H2,1H3. The minimum Gasteiger partial charge on any atom is -0.352 e. The average Bonchev–Trinajstić information content (AvgIpc) is 2.68. The van der Waals surface area contributed by atoms with Crippen molar-refractivity contribution in [2.75, 3.05) is 31.1 Å². The predicted octanol–water partition coefficient (Wildman–Crippen LogP) is 1.84. The minimum absolute atomic E-state index is 0.270. The van der Waals surface area contributed by atoms with E-state index in [-0.39, 0.29) is 4.90 Å². The van der Waals surface area contributed by atoms with Gasteiger partial charge in [-0.1, -0.05) is 18.2 Å². The maximum Gasteiger partial charge on any atom is 0.245 e. The number of hydrogen-bond acceptors (Lipinski definition) is 6. The number of aromatic nitrogens is 3. The van der Waals surface area contributed by atoms with Crippen LogP contribution in [-0.4, -0.2) is 54.1 Å². The van der Waals surface area contributed by atoms with E-state index in [0.29, 0.717) is 31.7 Å². The fraction of sp³-hybridized carbons (Fsp3) is 0.278. The summed E-state index contributed by atoms with van der Waals surface area (Å²) in [4.78, 5) is 6.78. The Kier molecular flexibility index (Phi) is 4.29. The van der Waals surface area contributed by atoms with Gasteiger partial charge in [0.05, 0.1) is 5.52 Å². The van der Waals surface area contributed by atoms with Gasteiger partial charge in [-0.05, 0) is 31.2 Å². The summed E-state index contributed by atoms with van der Waals surface area (Å²) in [5.41, 5.74) is 1.33. The highest BCUT2D eigenvalue weighted by Crippen LogP contribution is 2.26. The molecular weight excluding hydrogens is 350 g/mol. The quantitative estimate of drug-likeness (QED) is 0.701. The van der Waals surface area contributed by atoms with Crippen molar-refractivity contribution < 1.29 is 8.42 Å². The Morgan fingerprint density at radius 2 is 1.77 bits per heavy atom. The molecule has 8 heteroatoms. The van der Waals surface area contributed by atoms with E-state index in [1.54, 1.807) is 18.3 Å². The number of nitrogens with zero attached hydrogens (tertiary/aromatic N) is 5. The number of para-hydroxylation sites is 1. The topological polar surface area (TPSA) is 79.3 Å². The molecule has 1 aliphatic heterocycles. The summed E-state index contributed by atoms with van der Waals surface area (Å²) < 4.78 is 27.9. The lowest BCUT2D eigenvalue weighted by molar-refractivity contribution is 0.384. The largest absolute Gasteiger partial charge is 0.352 e. The van der Waals surface area contributed by atoms with Crippen LogP contribution < -0.4 is 4.90 Å². The van der Waals surface area contributed by atoms with Gasteiger partial charge >= 0.3 is 0 Å². The van der Waals surface area contributed by atoms with Crippen molar-refractivity contribution in [3.8, 4) is 0 Å². The second-order valence-corrected chi connectivity index (χ2v) is 8.16.